The summed E-state index contributed by atoms with van der Waals surface area (Å²) in [4.78, 5) is 0. The average Bonchev–Trinajstić information content (AvgIpc) is 2.29. The molecule has 0 aliphatic carbocycles. The van der Waals surface area contributed by atoms with Crippen LogP contribution in [0.3, 0.4) is 0 Å². The van der Waals surface area contributed by atoms with Gasteiger partial charge >= 0.3 is 15.6 Å². The number of alkyl halides is 3. The summed E-state index contributed by atoms with van der Waals surface area (Å²) in [6.07, 6.45) is 0.968. The third kappa shape index (κ3) is 3.49. The lowest BCUT2D eigenvalue weighted by Crippen LogP contribution is -2.23. The molecule has 0 bridgehead atoms. The molecule has 0 radical (unpaired) electrons. The lowest BCUT2D eigenvalue weighted by Gasteiger charge is -2.08. The van der Waals surface area contributed by atoms with Gasteiger partial charge in [0, 0.05) is 0 Å². The van der Waals surface area contributed by atoms with Crippen molar-refractivity contribution in [3.8, 4) is 0 Å². The van der Waals surface area contributed by atoms with Gasteiger partial charge in [-0.3, -0.25) is 0 Å². The van der Waals surface area contributed by atoms with Gasteiger partial charge in [-0.1, -0.05) is 37.3 Å². The molecule has 0 spiro atoms. The van der Waals surface area contributed by atoms with E-state index in [0.29, 0.717) is 23.8 Å². The Hall–Kier alpha value is -1.50. The molecule has 0 saturated carbocycles. The normalized spacial score (nSPS) is 13.4. The van der Waals surface area contributed by atoms with Crippen LogP contribution in [0.2, 0.25) is 0 Å². The molecule has 0 unspecified atom stereocenters. The maximum absolute atomic E-state index is 12.0. The Morgan fingerprint density at radius 3 is 2.28 bits per heavy atom. The highest BCUT2D eigenvalue weighted by Gasteiger charge is 2.47. The third-order valence-corrected chi connectivity index (χ3v) is 3.04. The van der Waals surface area contributed by atoms with Crippen LogP contribution in [0.5, 0.6) is 0 Å². The molecule has 18 heavy (non-hydrogen) atoms. The predicted octanol–water partition coefficient (Wildman–Crippen LogP) is 3.30. The van der Waals surface area contributed by atoms with Crippen molar-refractivity contribution in [2.24, 2.45) is 0 Å². The molecule has 0 N–H and O–H groups in total. The Bertz CT molecular complexity index is 518. The molecule has 0 atom stereocenters. The number of rotatable bonds is 4. The van der Waals surface area contributed by atoms with E-state index in [1.165, 1.54) is 0 Å². The molecule has 0 aromatic heterocycles. The molecule has 100 valence electrons. The first-order chi connectivity index (χ1) is 8.28. The van der Waals surface area contributed by atoms with Crippen molar-refractivity contribution in [1.82, 2.24) is 0 Å². The van der Waals surface area contributed by atoms with Crippen molar-refractivity contribution in [1.29, 1.82) is 0 Å². The average molecular weight is 280 g/mol. The number of hydrogen-bond acceptors (Lipinski definition) is 3. The monoisotopic (exact) mass is 280 g/mol. The smallest absolute Gasteiger partial charge is 0.384 e. The largest absolute Gasteiger partial charge is 0.534 e. The molecule has 1 aromatic rings. The quantitative estimate of drug-likeness (QED) is 0.483. The van der Waals surface area contributed by atoms with Crippen LogP contribution in [0.1, 0.15) is 18.9 Å². The van der Waals surface area contributed by atoms with Crippen LogP contribution >= 0.6 is 0 Å². The van der Waals surface area contributed by atoms with Crippen LogP contribution in [0.15, 0.2) is 36.6 Å². The second kappa shape index (κ2) is 5.43. The summed E-state index contributed by atoms with van der Waals surface area (Å²) in [6.45, 7) is 1.68. The Balaban J connectivity index is 2.96. The number of benzene rings is 1. The summed E-state index contributed by atoms with van der Waals surface area (Å²) in [6, 6.07) is 8.43. The van der Waals surface area contributed by atoms with Crippen molar-refractivity contribution < 1.29 is 25.8 Å². The second-order valence-electron chi connectivity index (χ2n) is 3.36. The van der Waals surface area contributed by atoms with Crippen LogP contribution in [0, 0.1) is 0 Å². The van der Waals surface area contributed by atoms with E-state index in [1.807, 2.05) is 0 Å². The minimum Gasteiger partial charge on any atom is -0.384 e. The van der Waals surface area contributed by atoms with Crippen LogP contribution in [0.4, 0.5) is 13.2 Å². The molecule has 3 nitrogen and oxygen atoms in total. The molecule has 0 amide bonds. The molecule has 1 aromatic carbocycles. The Morgan fingerprint density at radius 2 is 1.83 bits per heavy atom. The van der Waals surface area contributed by atoms with E-state index in [-0.39, 0.29) is 0 Å². The van der Waals surface area contributed by atoms with Gasteiger partial charge in [0.05, 0.1) is 0 Å². The van der Waals surface area contributed by atoms with Gasteiger partial charge in [-0.2, -0.15) is 21.6 Å². The standard InChI is InChI=1S/C11H11F3O3S/c1-2-9(10-6-4-3-5-7-10)8-17-18(15,16)11(12,13)14/h3-8H,2H2,1H3/b9-8+. The number of hydrogen-bond donors (Lipinski definition) is 0. The SMILES string of the molecule is CC/C(=C\OS(=O)(=O)C(F)(F)F)c1ccccc1. The summed E-state index contributed by atoms with van der Waals surface area (Å²) in [5.41, 5.74) is -4.44. The zero-order valence-electron chi connectivity index (χ0n) is 9.44. The fourth-order valence-electron chi connectivity index (χ4n) is 1.18. The van der Waals surface area contributed by atoms with Crippen molar-refractivity contribution in [2.75, 3.05) is 0 Å². The predicted molar refractivity (Wildman–Crippen MR) is 60.8 cm³/mol. The van der Waals surface area contributed by atoms with Gasteiger partial charge in [0.1, 0.15) is 6.26 Å². The fourth-order valence-corrected chi connectivity index (χ4v) is 1.54. The topological polar surface area (TPSA) is 43.4 Å². The summed E-state index contributed by atoms with van der Waals surface area (Å²) < 4.78 is 61.5. The Labute approximate surface area is 103 Å². The van der Waals surface area contributed by atoms with Crippen LogP contribution < -0.4 is 0 Å². The minimum atomic E-state index is -5.59. The third-order valence-electron chi connectivity index (χ3n) is 2.13. The van der Waals surface area contributed by atoms with E-state index < -0.39 is 15.6 Å². The first-order valence-electron chi connectivity index (χ1n) is 5.02. The van der Waals surface area contributed by atoms with Gasteiger partial charge in [0.15, 0.2) is 0 Å². The zero-order chi connectivity index (χ0) is 13.8. The van der Waals surface area contributed by atoms with E-state index in [1.54, 1.807) is 37.3 Å². The van der Waals surface area contributed by atoms with Gasteiger partial charge in [-0.15, -0.1) is 0 Å². The molecule has 0 heterocycles. The van der Waals surface area contributed by atoms with Gasteiger partial charge in [-0.25, -0.2) is 0 Å². The summed E-state index contributed by atoms with van der Waals surface area (Å²) >= 11 is 0. The molecule has 1 rings (SSSR count). The Kier molecular flexibility index (Phi) is 4.39. The maximum atomic E-state index is 12.0. The van der Waals surface area contributed by atoms with E-state index in [4.69, 9.17) is 0 Å². The molecule has 0 fully saturated rings. The Morgan fingerprint density at radius 1 is 1.28 bits per heavy atom. The van der Waals surface area contributed by atoms with Crippen molar-refractivity contribution in [3.05, 3.63) is 42.2 Å². The lowest BCUT2D eigenvalue weighted by molar-refractivity contribution is -0.0514. The number of allylic oxidation sites excluding steroid dienone is 1. The molecule has 7 heteroatoms. The molecular formula is C11H11F3O3S. The number of halogens is 3. The molecule has 0 aliphatic rings. The highest BCUT2D eigenvalue weighted by Crippen LogP contribution is 2.26. The van der Waals surface area contributed by atoms with Gasteiger partial charge < -0.3 is 4.18 Å². The van der Waals surface area contributed by atoms with Crippen LogP contribution in [-0.4, -0.2) is 13.9 Å². The lowest BCUT2D eigenvalue weighted by atomic mass is 10.1. The van der Waals surface area contributed by atoms with E-state index in [9.17, 15) is 21.6 Å². The van der Waals surface area contributed by atoms with Crippen molar-refractivity contribution in [3.63, 3.8) is 0 Å². The summed E-state index contributed by atoms with van der Waals surface area (Å²) in [7, 11) is -5.59. The van der Waals surface area contributed by atoms with Crippen LogP contribution in [0.25, 0.3) is 5.57 Å². The maximum Gasteiger partial charge on any atom is 0.534 e. The highest BCUT2D eigenvalue weighted by atomic mass is 32.2. The van der Waals surface area contributed by atoms with E-state index >= 15 is 0 Å². The minimum absolute atomic E-state index is 0.345. The van der Waals surface area contributed by atoms with E-state index in [2.05, 4.69) is 4.18 Å². The van der Waals surface area contributed by atoms with E-state index in [0.717, 1.165) is 0 Å². The van der Waals surface area contributed by atoms with Gasteiger partial charge in [0.25, 0.3) is 0 Å². The van der Waals surface area contributed by atoms with Crippen molar-refractivity contribution in [2.45, 2.75) is 18.9 Å². The van der Waals surface area contributed by atoms with Crippen molar-refractivity contribution >= 4 is 15.7 Å². The van der Waals surface area contributed by atoms with Gasteiger partial charge in [0.2, 0.25) is 0 Å². The zero-order valence-corrected chi connectivity index (χ0v) is 10.3. The highest BCUT2D eigenvalue weighted by molar-refractivity contribution is 7.87. The summed E-state index contributed by atoms with van der Waals surface area (Å²) in [5.74, 6) is 0. The molecule has 0 aliphatic heterocycles. The van der Waals surface area contributed by atoms with Gasteiger partial charge in [-0.05, 0) is 17.6 Å². The fraction of sp³-hybridized carbons (Fsp3) is 0.273. The first-order valence-corrected chi connectivity index (χ1v) is 6.43. The summed E-state index contributed by atoms with van der Waals surface area (Å²) in [5, 5.41) is 0. The first kappa shape index (κ1) is 14.6. The molecule has 0 saturated heterocycles. The molecular weight excluding hydrogens is 269 g/mol. The van der Waals surface area contributed by atoms with Crippen LogP contribution in [-0.2, 0) is 14.3 Å². The second-order valence-corrected chi connectivity index (χ2v) is 4.92.